The minimum absolute atomic E-state index is 0.294. The summed E-state index contributed by atoms with van der Waals surface area (Å²) in [5.74, 6) is 1.11. The fourth-order valence-electron chi connectivity index (χ4n) is 2.01. The number of amides is 1. The Morgan fingerprint density at radius 2 is 2.00 bits per heavy atom. The van der Waals surface area contributed by atoms with Gasteiger partial charge in [-0.3, -0.25) is 0 Å². The monoisotopic (exact) mass is 171 g/mol. The predicted molar refractivity (Wildman–Crippen MR) is 41.8 cm³/mol. The molecule has 0 aromatic carbocycles. The maximum absolute atomic E-state index is 10.6. The van der Waals surface area contributed by atoms with Crippen LogP contribution < -0.4 is 0 Å². The van der Waals surface area contributed by atoms with Crippen molar-refractivity contribution in [3.8, 4) is 0 Å². The summed E-state index contributed by atoms with van der Waals surface area (Å²) in [5, 5.41) is 18.1. The van der Waals surface area contributed by atoms with E-state index in [0.29, 0.717) is 24.9 Å². The minimum Gasteiger partial charge on any atom is -0.465 e. The van der Waals surface area contributed by atoms with Crippen LogP contribution in [0.3, 0.4) is 0 Å². The van der Waals surface area contributed by atoms with Gasteiger partial charge < -0.3 is 15.1 Å². The lowest BCUT2D eigenvalue weighted by Crippen LogP contribution is -2.36. The highest BCUT2D eigenvalue weighted by atomic mass is 16.4. The topological polar surface area (TPSA) is 60.8 Å². The number of hydrogen-bond donors (Lipinski definition) is 2. The zero-order valence-electron chi connectivity index (χ0n) is 6.81. The Morgan fingerprint density at radius 1 is 1.25 bits per heavy atom. The van der Waals surface area contributed by atoms with Crippen molar-refractivity contribution in [2.75, 3.05) is 13.1 Å². The molecule has 3 unspecified atom stereocenters. The molecule has 1 aliphatic carbocycles. The second kappa shape index (κ2) is 2.62. The number of aliphatic hydroxyl groups is 1. The largest absolute Gasteiger partial charge is 0.465 e. The summed E-state index contributed by atoms with van der Waals surface area (Å²) in [5.41, 5.74) is 0. The van der Waals surface area contributed by atoms with Gasteiger partial charge in [0.25, 0.3) is 0 Å². The van der Waals surface area contributed by atoms with Gasteiger partial charge in [-0.15, -0.1) is 0 Å². The van der Waals surface area contributed by atoms with Gasteiger partial charge >= 0.3 is 6.09 Å². The summed E-state index contributed by atoms with van der Waals surface area (Å²) in [6, 6.07) is 0. The van der Waals surface area contributed by atoms with Crippen LogP contribution >= 0.6 is 0 Å². The van der Waals surface area contributed by atoms with E-state index in [-0.39, 0.29) is 0 Å². The number of nitrogens with zero attached hydrogens (tertiary/aromatic N) is 1. The Kier molecular flexibility index (Phi) is 1.72. The van der Waals surface area contributed by atoms with E-state index in [2.05, 4.69) is 0 Å². The van der Waals surface area contributed by atoms with Crippen LogP contribution in [0.15, 0.2) is 0 Å². The molecule has 1 aliphatic heterocycles. The van der Waals surface area contributed by atoms with E-state index in [9.17, 15) is 9.90 Å². The van der Waals surface area contributed by atoms with Gasteiger partial charge in [-0.25, -0.2) is 4.79 Å². The molecular formula is C8H13NO3. The van der Waals surface area contributed by atoms with E-state index < -0.39 is 12.2 Å². The van der Waals surface area contributed by atoms with E-state index in [0.717, 1.165) is 12.8 Å². The van der Waals surface area contributed by atoms with Crippen molar-refractivity contribution >= 4 is 6.09 Å². The number of carbonyl (C=O) groups is 1. The van der Waals surface area contributed by atoms with Crippen molar-refractivity contribution in [2.24, 2.45) is 11.8 Å². The van der Waals surface area contributed by atoms with E-state index in [1.165, 1.54) is 4.90 Å². The Hall–Kier alpha value is -0.770. The molecule has 2 fully saturated rings. The van der Waals surface area contributed by atoms with Gasteiger partial charge in [-0.2, -0.15) is 0 Å². The fourth-order valence-corrected chi connectivity index (χ4v) is 2.01. The summed E-state index contributed by atoms with van der Waals surface area (Å²) in [6.07, 6.45) is 0.537. The molecule has 2 aliphatic rings. The van der Waals surface area contributed by atoms with Crippen molar-refractivity contribution < 1.29 is 15.0 Å². The van der Waals surface area contributed by atoms with Crippen LogP contribution in [-0.4, -0.2) is 40.4 Å². The lowest BCUT2D eigenvalue weighted by Gasteiger charge is -2.19. The molecule has 0 aromatic rings. The number of β-amino-alcohol motifs (C(OH)–C–C–N with tert-alkyl or cyclic N) is 1. The molecule has 4 nitrogen and oxygen atoms in total. The van der Waals surface area contributed by atoms with Crippen molar-refractivity contribution in [3.05, 3.63) is 0 Å². The summed E-state index contributed by atoms with van der Waals surface area (Å²) < 4.78 is 0. The predicted octanol–water partition coefficient (Wildman–Crippen LogP) is 0.367. The van der Waals surface area contributed by atoms with Gasteiger partial charge in [-0.1, -0.05) is 0 Å². The first-order valence-electron chi connectivity index (χ1n) is 4.32. The molecule has 12 heavy (non-hydrogen) atoms. The molecule has 1 amide bonds. The molecule has 2 rings (SSSR count). The molecule has 4 heteroatoms. The highest BCUT2D eigenvalue weighted by molar-refractivity contribution is 5.65. The maximum atomic E-state index is 10.6. The molecule has 0 spiro atoms. The zero-order valence-corrected chi connectivity index (χ0v) is 6.81. The molecule has 0 bridgehead atoms. The molecule has 1 saturated carbocycles. The maximum Gasteiger partial charge on any atom is 0.407 e. The van der Waals surface area contributed by atoms with E-state index >= 15 is 0 Å². The Labute approximate surface area is 70.8 Å². The van der Waals surface area contributed by atoms with Gasteiger partial charge in [-0.05, 0) is 24.7 Å². The minimum atomic E-state index is -0.901. The van der Waals surface area contributed by atoms with E-state index in [1.54, 1.807) is 0 Å². The smallest absolute Gasteiger partial charge is 0.407 e. The number of hydrogen-bond acceptors (Lipinski definition) is 2. The molecule has 2 N–H and O–H groups in total. The highest BCUT2D eigenvalue weighted by Crippen LogP contribution is 2.44. The van der Waals surface area contributed by atoms with Crippen molar-refractivity contribution in [1.82, 2.24) is 4.90 Å². The van der Waals surface area contributed by atoms with Crippen LogP contribution in [-0.2, 0) is 0 Å². The van der Waals surface area contributed by atoms with E-state index in [1.807, 2.05) is 0 Å². The first kappa shape index (κ1) is 7.86. The average molecular weight is 171 g/mol. The van der Waals surface area contributed by atoms with Crippen LogP contribution in [0, 0.1) is 11.8 Å². The Morgan fingerprint density at radius 3 is 2.67 bits per heavy atom. The van der Waals surface area contributed by atoms with Crippen molar-refractivity contribution in [3.63, 3.8) is 0 Å². The summed E-state index contributed by atoms with van der Waals surface area (Å²) in [4.78, 5) is 12.0. The zero-order chi connectivity index (χ0) is 8.72. The number of rotatable bonds is 0. The van der Waals surface area contributed by atoms with Crippen molar-refractivity contribution in [2.45, 2.75) is 18.9 Å². The molecule has 1 saturated heterocycles. The van der Waals surface area contributed by atoms with Crippen LogP contribution in [0.1, 0.15) is 12.8 Å². The second-order valence-electron chi connectivity index (χ2n) is 3.83. The lowest BCUT2D eigenvalue weighted by molar-refractivity contribution is 0.0980. The third-order valence-corrected chi connectivity index (χ3v) is 2.80. The molecule has 3 atom stereocenters. The van der Waals surface area contributed by atoms with Gasteiger partial charge in [0.15, 0.2) is 0 Å². The van der Waals surface area contributed by atoms with Gasteiger partial charge in [0.05, 0.1) is 6.10 Å². The first-order valence-corrected chi connectivity index (χ1v) is 4.32. The second-order valence-corrected chi connectivity index (χ2v) is 3.83. The third-order valence-electron chi connectivity index (χ3n) is 2.80. The SMILES string of the molecule is O=C(O)N1CC(O)CC2CC2C1. The molecular weight excluding hydrogens is 158 g/mol. The molecule has 1 heterocycles. The van der Waals surface area contributed by atoms with Gasteiger partial charge in [0.2, 0.25) is 0 Å². The summed E-state index contributed by atoms with van der Waals surface area (Å²) in [7, 11) is 0. The standard InChI is InChI=1S/C8H13NO3/c10-7-2-5-1-6(5)3-9(4-7)8(11)12/h5-7,10H,1-4H2,(H,11,12). The molecule has 68 valence electrons. The summed E-state index contributed by atoms with van der Waals surface area (Å²) >= 11 is 0. The van der Waals surface area contributed by atoms with E-state index in [4.69, 9.17) is 5.11 Å². The number of aliphatic hydroxyl groups excluding tert-OH is 1. The Balaban J connectivity index is 2.01. The molecule has 0 radical (unpaired) electrons. The lowest BCUT2D eigenvalue weighted by atomic mass is 10.2. The third kappa shape index (κ3) is 1.39. The van der Waals surface area contributed by atoms with Crippen LogP contribution in [0.5, 0.6) is 0 Å². The van der Waals surface area contributed by atoms with Crippen molar-refractivity contribution in [1.29, 1.82) is 0 Å². The quantitative estimate of drug-likeness (QED) is 0.553. The fraction of sp³-hybridized carbons (Fsp3) is 0.875. The van der Waals surface area contributed by atoms with Crippen LogP contribution in [0.4, 0.5) is 4.79 Å². The highest BCUT2D eigenvalue weighted by Gasteiger charge is 2.43. The summed E-state index contributed by atoms with van der Waals surface area (Å²) in [6.45, 7) is 0.916. The molecule has 0 aromatic heterocycles. The number of likely N-dealkylation sites (tertiary alicyclic amines) is 1. The number of carboxylic acid groups (broad SMARTS) is 1. The van der Waals surface area contributed by atoms with Gasteiger partial charge in [0, 0.05) is 13.1 Å². The van der Waals surface area contributed by atoms with Crippen LogP contribution in [0.2, 0.25) is 0 Å². The first-order chi connectivity index (χ1) is 5.66. The van der Waals surface area contributed by atoms with Gasteiger partial charge in [0.1, 0.15) is 0 Å². The normalized spacial score (nSPS) is 40.1. The average Bonchev–Trinajstić information content (AvgIpc) is 2.63. The number of fused-ring (bicyclic) bond motifs is 1. The Bertz CT molecular complexity index is 204. The van der Waals surface area contributed by atoms with Crippen LogP contribution in [0.25, 0.3) is 0 Å².